The van der Waals surface area contributed by atoms with Gasteiger partial charge in [0.1, 0.15) is 18.4 Å². The van der Waals surface area contributed by atoms with Gasteiger partial charge in [-0.1, -0.05) is 57.6 Å². The Morgan fingerprint density at radius 2 is 1.20 bits per heavy atom. The minimum absolute atomic E-state index is 0.0244. The first kappa shape index (κ1) is 38.5. The lowest BCUT2D eigenvalue weighted by Crippen LogP contribution is -2.45. The molecule has 0 aromatic rings. The molecule has 0 rings (SSSR count). The number of allylic oxidation sites excluding steroid dienone is 1. The number of ether oxygens (including phenoxy) is 1. The second kappa shape index (κ2) is 23.1. The zero-order valence-electron chi connectivity index (χ0n) is 27.6. The van der Waals surface area contributed by atoms with E-state index in [1.807, 2.05) is 0 Å². The van der Waals surface area contributed by atoms with Crippen LogP contribution >= 0.6 is 0 Å². The maximum Gasteiger partial charge on any atom is 0.362 e. The lowest BCUT2D eigenvalue weighted by atomic mass is 10.1. The summed E-state index contributed by atoms with van der Waals surface area (Å²) >= 11 is 0. The van der Waals surface area contributed by atoms with Gasteiger partial charge in [0.05, 0.1) is 41.3 Å². The first-order valence-electron chi connectivity index (χ1n) is 16.3. The molecule has 6 heteroatoms. The molecule has 0 heterocycles. The van der Waals surface area contributed by atoms with E-state index in [0.29, 0.717) is 23.4 Å². The van der Waals surface area contributed by atoms with E-state index in [2.05, 4.69) is 47.3 Å². The second-order valence-electron chi connectivity index (χ2n) is 13.4. The van der Waals surface area contributed by atoms with Crippen molar-refractivity contribution >= 4 is 17.5 Å². The normalized spacial score (nSPS) is 13.1. The smallest absolute Gasteiger partial charge is 0.362 e. The summed E-state index contributed by atoms with van der Waals surface area (Å²) in [5, 5.41) is 0. The predicted molar refractivity (Wildman–Crippen MR) is 168 cm³/mol. The highest BCUT2D eigenvalue weighted by atomic mass is 16.5. The van der Waals surface area contributed by atoms with Crippen LogP contribution in [0.15, 0.2) is 12.2 Å². The van der Waals surface area contributed by atoms with Crippen molar-refractivity contribution < 1.29 is 28.1 Å². The highest BCUT2D eigenvalue weighted by molar-refractivity contribution is 5.76. The van der Waals surface area contributed by atoms with Gasteiger partial charge in [0.2, 0.25) is 0 Å². The highest BCUT2D eigenvalue weighted by Crippen LogP contribution is 2.15. The van der Waals surface area contributed by atoms with Gasteiger partial charge in [-0.05, 0) is 64.7 Å². The standard InChI is InChI=1S/C34H66N2O4/c1-8-9-10-20-25-33(26-21-16-14-12-11-13-15-19-24-31(2)37)40-34(39)30-36(6,7)28-23-18-17-22-27-35(4,5)29-32(3)38/h16,21,33H,8-15,17-20,22-30H2,1-7H3/q+2/b21-16+. The fourth-order valence-electron chi connectivity index (χ4n) is 5.32. The molecule has 1 atom stereocenters. The molecule has 0 amide bonds. The number of quaternary nitrogens is 2. The number of Topliss-reactive ketones (excluding diaryl/α,β-unsaturated/α-hetero) is 2. The van der Waals surface area contributed by atoms with E-state index in [0.717, 1.165) is 88.2 Å². The molecule has 0 aromatic carbocycles. The lowest BCUT2D eigenvalue weighted by molar-refractivity contribution is -0.883. The van der Waals surface area contributed by atoms with Crippen molar-refractivity contribution in [1.82, 2.24) is 0 Å². The van der Waals surface area contributed by atoms with Crippen molar-refractivity contribution in [2.75, 3.05) is 54.4 Å². The summed E-state index contributed by atoms with van der Waals surface area (Å²) in [5.74, 6) is 0.469. The first-order chi connectivity index (χ1) is 18.9. The number of carbonyl (C=O) groups is 3. The molecule has 6 nitrogen and oxygen atoms in total. The average molecular weight is 567 g/mol. The van der Waals surface area contributed by atoms with E-state index in [1.54, 1.807) is 13.8 Å². The van der Waals surface area contributed by atoms with Crippen LogP contribution in [0.3, 0.4) is 0 Å². The molecule has 40 heavy (non-hydrogen) atoms. The van der Waals surface area contributed by atoms with Gasteiger partial charge in [-0.25, -0.2) is 4.79 Å². The Bertz CT molecular complexity index is 715. The molecular formula is C34H66N2O4+2. The maximum atomic E-state index is 12.9. The molecule has 0 N–H and O–H groups in total. The number of esters is 1. The third-order valence-electron chi connectivity index (χ3n) is 7.63. The number of hydrogen-bond donors (Lipinski definition) is 0. The fourth-order valence-corrected chi connectivity index (χ4v) is 5.32. The molecule has 0 aliphatic rings. The van der Waals surface area contributed by atoms with Gasteiger partial charge in [0.15, 0.2) is 12.3 Å². The Morgan fingerprint density at radius 3 is 1.80 bits per heavy atom. The van der Waals surface area contributed by atoms with Gasteiger partial charge < -0.3 is 18.5 Å². The van der Waals surface area contributed by atoms with Crippen molar-refractivity contribution in [2.24, 2.45) is 0 Å². The van der Waals surface area contributed by atoms with Gasteiger partial charge in [0, 0.05) is 19.8 Å². The van der Waals surface area contributed by atoms with Crippen molar-refractivity contribution in [1.29, 1.82) is 0 Å². The summed E-state index contributed by atoms with van der Waals surface area (Å²) in [7, 11) is 8.51. The largest absolute Gasteiger partial charge is 0.458 e. The third kappa shape index (κ3) is 25.4. The van der Waals surface area contributed by atoms with Crippen LogP contribution in [0, 0.1) is 0 Å². The Balaban J connectivity index is 4.38. The number of hydrogen-bond acceptors (Lipinski definition) is 4. The molecule has 0 saturated carbocycles. The molecule has 1 unspecified atom stereocenters. The lowest BCUT2D eigenvalue weighted by Gasteiger charge is -2.30. The zero-order valence-corrected chi connectivity index (χ0v) is 27.6. The first-order valence-corrected chi connectivity index (χ1v) is 16.3. The number of unbranched alkanes of at least 4 members (excludes halogenated alkanes) is 11. The fraction of sp³-hybridized carbons (Fsp3) is 0.853. The summed E-state index contributed by atoms with van der Waals surface area (Å²) in [6, 6.07) is 0. The maximum absolute atomic E-state index is 12.9. The van der Waals surface area contributed by atoms with Crippen molar-refractivity contribution in [3.8, 4) is 0 Å². The molecule has 0 aliphatic carbocycles. The van der Waals surface area contributed by atoms with Crippen LogP contribution in [0.2, 0.25) is 0 Å². The Labute approximate surface area is 248 Å². The molecule has 0 aromatic heterocycles. The highest BCUT2D eigenvalue weighted by Gasteiger charge is 2.23. The molecule has 0 radical (unpaired) electrons. The van der Waals surface area contributed by atoms with E-state index >= 15 is 0 Å². The van der Waals surface area contributed by atoms with Crippen LogP contribution in [0.5, 0.6) is 0 Å². The van der Waals surface area contributed by atoms with E-state index < -0.39 is 0 Å². The summed E-state index contributed by atoms with van der Waals surface area (Å²) in [5.41, 5.74) is 0. The van der Waals surface area contributed by atoms with Crippen molar-refractivity contribution in [2.45, 2.75) is 136 Å². The Morgan fingerprint density at radius 1 is 0.650 bits per heavy atom. The quantitative estimate of drug-likeness (QED) is 0.0449. The minimum atomic E-state index is -0.0762. The number of carbonyl (C=O) groups excluding carboxylic acids is 3. The number of nitrogens with zero attached hydrogens (tertiary/aromatic N) is 2. The van der Waals surface area contributed by atoms with Crippen LogP contribution in [0.1, 0.15) is 130 Å². The van der Waals surface area contributed by atoms with Crippen LogP contribution in [0.4, 0.5) is 0 Å². The van der Waals surface area contributed by atoms with Gasteiger partial charge in [-0.2, -0.15) is 0 Å². The van der Waals surface area contributed by atoms with Crippen LogP contribution in [-0.4, -0.2) is 87.0 Å². The van der Waals surface area contributed by atoms with Crippen LogP contribution in [0.25, 0.3) is 0 Å². The number of rotatable bonds is 27. The van der Waals surface area contributed by atoms with Crippen LogP contribution in [-0.2, 0) is 19.1 Å². The summed E-state index contributed by atoms with van der Waals surface area (Å²) in [6.07, 6.45) is 23.0. The molecule has 0 bridgehead atoms. The van der Waals surface area contributed by atoms with E-state index in [-0.39, 0.29) is 17.9 Å². The third-order valence-corrected chi connectivity index (χ3v) is 7.63. The zero-order chi connectivity index (χ0) is 30.3. The number of ketones is 2. The SMILES string of the molecule is CCCCCCC(C/C=C/CCCCCCCC(C)=O)OC(=O)C[N+](C)(C)CCCCCC[N+](C)(C)CC(C)=O. The Kier molecular flexibility index (Phi) is 22.2. The summed E-state index contributed by atoms with van der Waals surface area (Å²) in [6.45, 7) is 8.58. The summed E-state index contributed by atoms with van der Waals surface area (Å²) in [4.78, 5) is 35.3. The molecule has 0 saturated heterocycles. The molecule has 0 aliphatic heterocycles. The summed E-state index contributed by atoms with van der Waals surface area (Å²) < 4.78 is 7.44. The van der Waals surface area contributed by atoms with Gasteiger partial charge in [-0.3, -0.25) is 4.79 Å². The van der Waals surface area contributed by atoms with E-state index in [1.165, 1.54) is 38.5 Å². The van der Waals surface area contributed by atoms with Gasteiger partial charge in [-0.15, -0.1) is 0 Å². The van der Waals surface area contributed by atoms with Crippen LogP contribution < -0.4 is 0 Å². The average Bonchev–Trinajstić information content (AvgIpc) is 2.83. The van der Waals surface area contributed by atoms with E-state index in [4.69, 9.17) is 4.74 Å². The topological polar surface area (TPSA) is 60.4 Å². The molecule has 234 valence electrons. The predicted octanol–water partition coefficient (Wildman–Crippen LogP) is 7.44. The molecule has 0 spiro atoms. The number of likely N-dealkylation sites (N-methyl/N-ethyl adjacent to an activating group) is 2. The van der Waals surface area contributed by atoms with Gasteiger partial charge >= 0.3 is 5.97 Å². The van der Waals surface area contributed by atoms with Crippen molar-refractivity contribution in [3.63, 3.8) is 0 Å². The van der Waals surface area contributed by atoms with Crippen molar-refractivity contribution in [3.05, 3.63) is 12.2 Å². The Hall–Kier alpha value is -1.53. The molecule has 0 fully saturated rings. The minimum Gasteiger partial charge on any atom is -0.458 e. The van der Waals surface area contributed by atoms with E-state index in [9.17, 15) is 14.4 Å². The monoisotopic (exact) mass is 567 g/mol. The second-order valence-corrected chi connectivity index (χ2v) is 13.4. The molecular weight excluding hydrogens is 500 g/mol. The van der Waals surface area contributed by atoms with Gasteiger partial charge in [0.25, 0.3) is 0 Å².